The lowest BCUT2D eigenvalue weighted by atomic mass is 10.1. The Morgan fingerprint density at radius 2 is 1.70 bits per heavy atom. The zero-order valence-corrected chi connectivity index (χ0v) is 13.3. The summed E-state index contributed by atoms with van der Waals surface area (Å²) in [5, 5.41) is 4.41. The Labute approximate surface area is 135 Å². The van der Waals surface area contributed by atoms with Crippen LogP contribution in [0.2, 0.25) is 0 Å². The highest BCUT2D eigenvalue weighted by Crippen LogP contribution is 2.06. The Balaban J connectivity index is 1.59. The molecule has 3 rings (SSSR count). The van der Waals surface area contributed by atoms with Crippen LogP contribution < -0.4 is 5.69 Å². The van der Waals surface area contributed by atoms with Gasteiger partial charge in [-0.2, -0.15) is 5.10 Å². The molecular formula is C19H21N3O. The van der Waals surface area contributed by atoms with Gasteiger partial charge in [0.2, 0.25) is 0 Å². The predicted octanol–water partition coefficient (Wildman–Crippen LogP) is 3.10. The lowest BCUT2D eigenvalue weighted by Gasteiger charge is -2.01. The maximum atomic E-state index is 12.0. The van der Waals surface area contributed by atoms with Crippen molar-refractivity contribution in [1.29, 1.82) is 0 Å². The molecule has 4 nitrogen and oxygen atoms in total. The minimum Gasteiger partial charge on any atom is -0.293 e. The lowest BCUT2D eigenvalue weighted by Crippen LogP contribution is -2.18. The Morgan fingerprint density at radius 1 is 0.957 bits per heavy atom. The van der Waals surface area contributed by atoms with Gasteiger partial charge in [0.05, 0.1) is 6.54 Å². The van der Waals surface area contributed by atoms with Crippen LogP contribution in [0.25, 0.3) is 0 Å². The van der Waals surface area contributed by atoms with Crippen LogP contribution in [0.3, 0.4) is 0 Å². The van der Waals surface area contributed by atoms with E-state index in [1.54, 1.807) is 0 Å². The number of aromatic amines is 1. The summed E-state index contributed by atoms with van der Waals surface area (Å²) in [5.41, 5.74) is 3.47. The summed E-state index contributed by atoms with van der Waals surface area (Å²) in [5.74, 6) is 0.762. The number of aryl methyl sites for hydroxylation is 3. The van der Waals surface area contributed by atoms with Crippen LogP contribution in [0.4, 0.5) is 0 Å². The maximum Gasteiger partial charge on any atom is 0.343 e. The van der Waals surface area contributed by atoms with E-state index in [4.69, 9.17) is 0 Å². The van der Waals surface area contributed by atoms with Crippen molar-refractivity contribution in [1.82, 2.24) is 14.8 Å². The van der Waals surface area contributed by atoms with E-state index >= 15 is 0 Å². The zero-order valence-electron chi connectivity index (χ0n) is 13.3. The van der Waals surface area contributed by atoms with E-state index in [1.807, 2.05) is 42.5 Å². The van der Waals surface area contributed by atoms with Crippen LogP contribution in [0, 0.1) is 6.92 Å². The smallest absolute Gasteiger partial charge is 0.293 e. The number of nitrogens with zero attached hydrogens (tertiary/aromatic N) is 2. The molecule has 0 spiro atoms. The molecule has 0 aliphatic carbocycles. The molecule has 0 amide bonds. The van der Waals surface area contributed by atoms with Crippen LogP contribution in [0.15, 0.2) is 59.4 Å². The first-order chi connectivity index (χ1) is 11.2. The summed E-state index contributed by atoms with van der Waals surface area (Å²) >= 11 is 0. The van der Waals surface area contributed by atoms with Gasteiger partial charge in [-0.25, -0.2) is 9.48 Å². The number of benzene rings is 2. The first kappa shape index (κ1) is 15.3. The average molecular weight is 307 g/mol. The second-order valence-corrected chi connectivity index (χ2v) is 5.86. The van der Waals surface area contributed by atoms with Gasteiger partial charge in [-0.15, -0.1) is 0 Å². The highest BCUT2D eigenvalue weighted by Gasteiger charge is 2.06. The number of hydrogen-bond donors (Lipinski definition) is 1. The molecule has 1 heterocycles. The molecule has 0 aliphatic heterocycles. The van der Waals surface area contributed by atoms with E-state index in [1.165, 1.54) is 15.8 Å². The van der Waals surface area contributed by atoms with Crippen LogP contribution in [-0.2, 0) is 19.4 Å². The molecule has 0 fully saturated rings. The Morgan fingerprint density at radius 3 is 2.43 bits per heavy atom. The average Bonchev–Trinajstić information content (AvgIpc) is 2.90. The summed E-state index contributed by atoms with van der Waals surface area (Å²) in [4.78, 5) is 14.8. The van der Waals surface area contributed by atoms with Crippen molar-refractivity contribution < 1.29 is 0 Å². The summed E-state index contributed by atoms with van der Waals surface area (Å²) in [6.07, 6.45) is 2.75. The molecular weight excluding hydrogens is 286 g/mol. The highest BCUT2D eigenvalue weighted by atomic mass is 16.1. The number of nitrogens with one attached hydrogen (secondary N) is 1. The topological polar surface area (TPSA) is 50.7 Å². The highest BCUT2D eigenvalue weighted by molar-refractivity contribution is 5.21. The quantitative estimate of drug-likeness (QED) is 0.761. The lowest BCUT2D eigenvalue weighted by molar-refractivity contribution is 0.644. The number of rotatable bonds is 6. The monoisotopic (exact) mass is 307 g/mol. The third-order valence-corrected chi connectivity index (χ3v) is 3.90. The van der Waals surface area contributed by atoms with Gasteiger partial charge in [0.15, 0.2) is 0 Å². The van der Waals surface area contributed by atoms with E-state index in [0.717, 1.165) is 30.7 Å². The van der Waals surface area contributed by atoms with E-state index in [2.05, 4.69) is 29.1 Å². The Bertz CT molecular complexity index is 801. The predicted molar refractivity (Wildman–Crippen MR) is 91.6 cm³/mol. The minimum absolute atomic E-state index is 0.139. The number of aromatic nitrogens is 3. The van der Waals surface area contributed by atoms with Crippen LogP contribution in [0.1, 0.15) is 28.9 Å². The standard InChI is InChI=1S/C19H21N3O/c1-15-10-12-17(13-11-15)14-22-19(23)20-18(21-22)9-5-8-16-6-3-2-4-7-16/h2-4,6-7,10-13H,5,8-9,14H2,1H3,(H,20,21,23). The van der Waals surface area contributed by atoms with Crippen molar-refractivity contribution in [3.05, 3.63) is 87.6 Å². The fourth-order valence-corrected chi connectivity index (χ4v) is 2.59. The minimum atomic E-state index is -0.139. The van der Waals surface area contributed by atoms with Gasteiger partial charge in [0.25, 0.3) is 0 Å². The maximum absolute atomic E-state index is 12.0. The largest absolute Gasteiger partial charge is 0.343 e. The summed E-state index contributed by atoms with van der Waals surface area (Å²) in [6, 6.07) is 18.5. The molecule has 0 saturated carbocycles. The van der Waals surface area contributed by atoms with Crippen molar-refractivity contribution in [2.24, 2.45) is 0 Å². The molecule has 2 aromatic carbocycles. The second kappa shape index (κ2) is 7.09. The molecule has 0 bridgehead atoms. The molecule has 3 aromatic rings. The van der Waals surface area contributed by atoms with Gasteiger partial charge in [0, 0.05) is 6.42 Å². The van der Waals surface area contributed by atoms with Gasteiger partial charge in [-0.3, -0.25) is 4.98 Å². The molecule has 23 heavy (non-hydrogen) atoms. The number of H-pyrrole nitrogens is 1. The van der Waals surface area contributed by atoms with Crippen molar-refractivity contribution >= 4 is 0 Å². The van der Waals surface area contributed by atoms with E-state index in [9.17, 15) is 4.79 Å². The molecule has 118 valence electrons. The van der Waals surface area contributed by atoms with Crippen molar-refractivity contribution in [3.63, 3.8) is 0 Å². The van der Waals surface area contributed by atoms with Crippen LogP contribution in [0.5, 0.6) is 0 Å². The number of hydrogen-bond acceptors (Lipinski definition) is 2. The zero-order chi connectivity index (χ0) is 16.1. The Hall–Kier alpha value is -2.62. The van der Waals surface area contributed by atoms with Gasteiger partial charge >= 0.3 is 5.69 Å². The van der Waals surface area contributed by atoms with Crippen LogP contribution >= 0.6 is 0 Å². The fraction of sp³-hybridized carbons (Fsp3) is 0.263. The molecule has 4 heteroatoms. The van der Waals surface area contributed by atoms with Crippen molar-refractivity contribution in [2.45, 2.75) is 32.7 Å². The molecule has 0 atom stereocenters. The first-order valence-electron chi connectivity index (χ1n) is 7.96. The molecule has 0 saturated heterocycles. The molecule has 0 aliphatic rings. The third kappa shape index (κ3) is 4.19. The van der Waals surface area contributed by atoms with Gasteiger partial charge in [0.1, 0.15) is 5.82 Å². The molecule has 1 aromatic heterocycles. The normalized spacial score (nSPS) is 10.8. The van der Waals surface area contributed by atoms with Crippen molar-refractivity contribution in [3.8, 4) is 0 Å². The van der Waals surface area contributed by atoms with Crippen molar-refractivity contribution in [2.75, 3.05) is 0 Å². The van der Waals surface area contributed by atoms with E-state index in [0.29, 0.717) is 6.54 Å². The van der Waals surface area contributed by atoms with E-state index < -0.39 is 0 Å². The SMILES string of the molecule is Cc1ccc(Cn2nc(CCCc3ccccc3)[nH]c2=O)cc1. The van der Waals surface area contributed by atoms with Gasteiger partial charge in [-0.05, 0) is 30.9 Å². The molecule has 1 N–H and O–H groups in total. The summed E-state index contributed by atoms with van der Waals surface area (Å²) in [7, 11) is 0. The van der Waals surface area contributed by atoms with Gasteiger partial charge in [-0.1, -0.05) is 60.2 Å². The molecule has 0 unspecified atom stereocenters. The summed E-state index contributed by atoms with van der Waals surface area (Å²) < 4.78 is 1.50. The first-order valence-corrected chi connectivity index (χ1v) is 7.96. The third-order valence-electron chi connectivity index (χ3n) is 3.90. The van der Waals surface area contributed by atoms with Crippen LogP contribution in [-0.4, -0.2) is 14.8 Å². The summed E-state index contributed by atoms with van der Waals surface area (Å²) in [6.45, 7) is 2.56. The van der Waals surface area contributed by atoms with Gasteiger partial charge < -0.3 is 0 Å². The van der Waals surface area contributed by atoms with E-state index in [-0.39, 0.29) is 5.69 Å². The second-order valence-electron chi connectivity index (χ2n) is 5.86. The Kier molecular flexibility index (Phi) is 4.71. The molecule has 0 radical (unpaired) electrons. The fourth-order valence-electron chi connectivity index (χ4n) is 2.59.